The second-order valence-corrected chi connectivity index (χ2v) is 6.13. The smallest absolute Gasteiger partial charge is 0.137 e. The first-order chi connectivity index (χ1) is 8.38. The van der Waals surface area contributed by atoms with Crippen molar-refractivity contribution >= 4 is 17.4 Å². The van der Waals surface area contributed by atoms with Crippen molar-refractivity contribution in [3.8, 4) is 0 Å². The van der Waals surface area contributed by atoms with Gasteiger partial charge in [0, 0.05) is 18.0 Å². The summed E-state index contributed by atoms with van der Waals surface area (Å²) in [5.41, 5.74) is -0.102. The molecule has 1 aliphatic heterocycles. The number of morpholine rings is 1. The Morgan fingerprint density at radius 1 is 1.39 bits per heavy atom. The van der Waals surface area contributed by atoms with E-state index in [2.05, 4.69) is 42.6 Å². The van der Waals surface area contributed by atoms with Gasteiger partial charge in [-0.1, -0.05) is 32.4 Å². The van der Waals surface area contributed by atoms with Crippen LogP contribution in [0, 0.1) is 0 Å². The van der Waals surface area contributed by atoms with Crippen LogP contribution in [0.2, 0.25) is 5.15 Å². The van der Waals surface area contributed by atoms with Gasteiger partial charge in [0.15, 0.2) is 0 Å². The lowest BCUT2D eigenvalue weighted by Gasteiger charge is -2.34. The predicted octanol–water partition coefficient (Wildman–Crippen LogP) is 2.65. The Morgan fingerprint density at radius 3 is 2.72 bits per heavy atom. The molecule has 1 fully saturated rings. The molecule has 1 unspecified atom stereocenters. The third-order valence-electron chi connectivity index (χ3n) is 3.01. The van der Waals surface area contributed by atoms with Gasteiger partial charge in [-0.2, -0.15) is 0 Å². The molecule has 0 bridgehead atoms. The maximum atomic E-state index is 6.11. The fourth-order valence-corrected chi connectivity index (χ4v) is 2.13. The normalized spacial score (nSPS) is 21.2. The summed E-state index contributed by atoms with van der Waals surface area (Å²) in [6.45, 7) is 10.7. The molecule has 5 heteroatoms. The molecule has 1 atom stereocenters. The highest BCUT2D eigenvalue weighted by molar-refractivity contribution is 6.29. The molecule has 0 radical (unpaired) electrons. The molecule has 0 aliphatic carbocycles. The van der Waals surface area contributed by atoms with Crippen molar-refractivity contribution in [1.82, 2.24) is 9.97 Å². The number of halogens is 1. The minimum absolute atomic E-state index is 0.102. The molecule has 0 amide bonds. The van der Waals surface area contributed by atoms with E-state index in [4.69, 9.17) is 16.3 Å². The summed E-state index contributed by atoms with van der Waals surface area (Å²) in [5, 5.41) is 0.503. The summed E-state index contributed by atoms with van der Waals surface area (Å²) in [6, 6.07) is 2.15. The topological polar surface area (TPSA) is 38.2 Å². The zero-order valence-corrected chi connectivity index (χ0v) is 12.2. The van der Waals surface area contributed by atoms with E-state index in [-0.39, 0.29) is 5.41 Å². The van der Waals surface area contributed by atoms with E-state index < -0.39 is 0 Å². The van der Waals surface area contributed by atoms with E-state index in [9.17, 15) is 0 Å². The summed E-state index contributed by atoms with van der Waals surface area (Å²) in [5.74, 6) is 1.68. The molecule has 1 aromatic heterocycles. The predicted molar refractivity (Wildman–Crippen MR) is 73.4 cm³/mol. The fraction of sp³-hybridized carbons (Fsp3) is 0.692. The average molecular weight is 270 g/mol. The monoisotopic (exact) mass is 269 g/mol. The molecule has 0 saturated carbocycles. The van der Waals surface area contributed by atoms with Gasteiger partial charge in [-0.15, -0.1) is 0 Å². The van der Waals surface area contributed by atoms with Gasteiger partial charge in [-0.3, -0.25) is 0 Å². The third kappa shape index (κ3) is 2.93. The number of anilines is 1. The standard InChI is InChI=1S/C13H20ClN3O/c1-9-8-18-6-5-17(9)11-7-10(14)15-12(16-11)13(2,3)4/h7,9H,5-6,8H2,1-4H3. The highest BCUT2D eigenvalue weighted by atomic mass is 35.5. The first-order valence-electron chi connectivity index (χ1n) is 6.27. The summed E-state index contributed by atoms with van der Waals surface area (Å²) in [6.07, 6.45) is 0. The molecule has 1 aliphatic rings. The molecule has 4 nitrogen and oxygen atoms in total. The maximum absolute atomic E-state index is 6.11. The molecule has 18 heavy (non-hydrogen) atoms. The second-order valence-electron chi connectivity index (χ2n) is 5.74. The highest BCUT2D eigenvalue weighted by Crippen LogP contribution is 2.25. The quantitative estimate of drug-likeness (QED) is 0.735. The Labute approximate surface area is 113 Å². The van der Waals surface area contributed by atoms with E-state index in [1.54, 1.807) is 0 Å². The molecular weight excluding hydrogens is 250 g/mol. The van der Waals surface area contributed by atoms with Crippen molar-refractivity contribution in [2.75, 3.05) is 24.7 Å². The van der Waals surface area contributed by atoms with Gasteiger partial charge in [0.05, 0.1) is 19.3 Å². The summed E-state index contributed by atoms with van der Waals surface area (Å²) >= 11 is 6.11. The van der Waals surface area contributed by atoms with Gasteiger partial charge >= 0.3 is 0 Å². The molecule has 100 valence electrons. The van der Waals surface area contributed by atoms with Crippen molar-refractivity contribution in [3.63, 3.8) is 0 Å². The minimum Gasteiger partial charge on any atom is -0.377 e. The third-order valence-corrected chi connectivity index (χ3v) is 3.21. The second kappa shape index (κ2) is 5.02. The van der Waals surface area contributed by atoms with E-state index in [1.807, 2.05) is 6.07 Å². The number of hydrogen-bond donors (Lipinski definition) is 0. The summed E-state index contributed by atoms with van der Waals surface area (Å²) in [7, 11) is 0. The molecule has 2 rings (SSSR count). The summed E-state index contributed by atoms with van der Waals surface area (Å²) in [4.78, 5) is 11.2. The molecular formula is C13H20ClN3O. The summed E-state index contributed by atoms with van der Waals surface area (Å²) < 4.78 is 5.44. The number of ether oxygens (including phenoxy) is 1. The van der Waals surface area contributed by atoms with Crippen LogP contribution in [0.5, 0.6) is 0 Å². The van der Waals surface area contributed by atoms with Gasteiger partial charge in [-0.25, -0.2) is 9.97 Å². The number of rotatable bonds is 1. The Balaban J connectivity index is 2.35. The molecule has 0 aromatic carbocycles. The van der Waals surface area contributed by atoms with Crippen LogP contribution in [0.25, 0.3) is 0 Å². The molecule has 0 spiro atoms. The van der Waals surface area contributed by atoms with Gasteiger partial charge in [-0.05, 0) is 6.92 Å². The van der Waals surface area contributed by atoms with Crippen LogP contribution < -0.4 is 4.90 Å². The van der Waals surface area contributed by atoms with Crippen LogP contribution in [-0.2, 0) is 10.2 Å². The van der Waals surface area contributed by atoms with Crippen molar-refractivity contribution in [1.29, 1.82) is 0 Å². The first kappa shape index (κ1) is 13.6. The van der Waals surface area contributed by atoms with E-state index in [0.29, 0.717) is 11.2 Å². The van der Waals surface area contributed by atoms with E-state index in [0.717, 1.165) is 31.4 Å². The maximum Gasteiger partial charge on any atom is 0.137 e. The Kier molecular flexibility index (Phi) is 3.78. The first-order valence-corrected chi connectivity index (χ1v) is 6.65. The van der Waals surface area contributed by atoms with E-state index in [1.165, 1.54) is 0 Å². The fourth-order valence-electron chi connectivity index (χ4n) is 1.96. The van der Waals surface area contributed by atoms with Crippen molar-refractivity contribution < 1.29 is 4.74 Å². The lowest BCUT2D eigenvalue weighted by Crippen LogP contribution is -2.44. The SMILES string of the molecule is CC1COCCN1c1cc(Cl)nc(C(C)(C)C)n1. The van der Waals surface area contributed by atoms with Gasteiger partial charge in [0.25, 0.3) is 0 Å². The lowest BCUT2D eigenvalue weighted by molar-refractivity contribution is 0.0985. The zero-order valence-electron chi connectivity index (χ0n) is 11.4. The van der Waals surface area contributed by atoms with Crippen LogP contribution in [0.1, 0.15) is 33.5 Å². The minimum atomic E-state index is -0.102. The highest BCUT2D eigenvalue weighted by Gasteiger charge is 2.24. The van der Waals surface area contributed by atoms with Crippen LogP contribution in [0.4, 0.5) is 5.82 Å². The van der Waals surface area contributed by atoms with Crippen molar-refractivity contribution in [3.05, 3.63) is 17.0 Å². The van der Waals surface area contributed by atoms with Crippen molar-refractivity contribution in [2.45, 2.75) is 39.2 Å². The van der Waals surface area contributed by atoms with Crippen LogP contribution in [0.3, 0.4) is 0 Å². The number of hydrogen-bond acceptors (Lipinski definition) is 4. The lowest BCUT2D eigenvalue weighted by atomic mass is 9.96. The zero-order chi connectivity index (χ0) is 13.3. The molecule has 0 N–H and O–H groups in total. The largest absolute Gasteiger partial charge is 0.377 e. The number of aromatic nitrogens is 2. The molecule has 2 heterocycles. The Morgan fingerprint density at radius 2 is 2.11 bits per heavy atom. The molecule has 1 saturated heterocycles. The number of nitrogens with zero attached hydrogens (tertiary/aromatic N) is 3. The van der Waals surface area contributed by atoms with Crippen LogP contribution in [0.15, 0.2) is 6.07 Å². The van der Waals surface area contributed by atoms with Crippen LogP contribution >= 0.6 is 11.6 Å². The van der Waals surface area contributed by atoms with Crippen molar-refractivity contribution in [2.24, 2.45) is 0 Å². The van der Waals surface area contributed by atoms with Crippen LogP contribution in [-0.4, -0.2) is 35.8 Å². The molecule has 1 aromatic rings. The van der Waals surface area contributed by atoms with Gasteiger partial charge in [0.1, 0.15) is 16.8 Å². The van der Waals surface area contributed by atoms with E-state index >= 15 is 0 Å². The Hall–Kier alpha value is -0.870. The Bertz CT molecular complexity index is 431. The van der Waals surface area contributed by atoms with Gasteiger partial charge < -0.3 is 9.64 Å². The average Bonchev–Trinajstić information content (AvgIpc) is 2.27. The van der Waals surface area contributed by atoms with Gasteiger partial charge in [0.2, 0.25) is 0 Å².